The van der Waals surface area contributed by atoms with Gasteiger partial charge in [-0.15, -0.1) is 0 Å². The standard InChI is InChI=1S/C22H23FN2O5S/c1-14-13-22(26,6-8-30-14)17-10-18(23)12-20(11-17)31(28,29)19-3-4-21(15(2)25-27)16(9-19)5-7-24/h3-4,9-12,14,26-27H,5-6,8,13H2,1-2H3/b25-15+/t14-,22+/m0/s1. The van der Waals surface area contributed by atoms with Crippen LogP contribution in [-0.2, 0) is 26.6 Å². The van der Waals surface area contributed by atoms with Gasteiger partial charge in [0.1, 0.15) is 5.82 Å². The summed E-state index contributed by atoms with van der Waals surface area (Å²) in [6.07, 6.45) is 0.0923. The molecule has 164 valence electrons. The van der Waals surface area contributed by atoms with Crippen LogP contribution in [0.25, 0.3) is 0 Å². The molecule has 0 amide bonds. The minimum atomic E-state index is -4.15. The molecule has 2 N–H and O–H groups in total. The van der Waals surface area contributed by atoms with Gasteiger partial charge in [-0.25, -0.2) is 12.8 Å². The second-order valence-corrected chi connectivity index (χ2v) is 9.64. The molecule has 1 heterocycles. The van der Waals surface area contributed by atoms with Gasteiger partial charge in [-0.05, 0) is 55.3 Å². The Bertz CT molecular complexity index is 1170. The number of ether oxygens (including phenoxy) is 1. The number of sulfone groups is 1. The second-order valence-electron chi connectivity index (χ2n) is 7.69. The van der Waals surface area contributed by atoms with E-state index in [1.54, 1.807) is 6.92 Å². The molecule has 0 spiro atoms. The van der Waals surface area contributed by atoms with E-state index in [2.05, 4.69) is 5.16 Å². The molecule has 0 aromatic heterocycles. The minimum Gasteiger partial charge on any atom is -0.411 e. The maximum absolute atomic E-state index is 14.4. The van der Waals surface area contributed by atoms with Crippen LogP contribution in [0.15, 0.2) is 51.3 Å². The number of hydrogen-bond acceptors (Lipinski definition) is 7. The van der Waals surface area contributed by atoms with Crippen molar-refractivity contribution >= 4 is 15.5 Å². The van der Waals surface area contributed by atoms with E-state index in [0.29, 0.717) is 11.1 Å². The zero-order valence-corrected chi connectivity index (χ0v) is 18.0. The van der Waals surface area contributed by atoms with Crippen LogP contribution >= 0.6 is 0 Å². The Morgan fingerprint density at radius 2 is 2.06 bits per heavy atom. The molecule has 1 saturated heterocycles. The number of rotatable bonds is 5. The molecule has 7 nitrogen and oxygen atoms in total. The highest BCUT2D eigenvalue weighted by atomic mass is 32.2. The van der Waals surface area contributed by atoms with Gasteiger partial charge in [0.05, 0.1) is 46.3 Å². The predicted molar refractivity (Wildman–Crippen MR) is 110 cm³/mol. The first-order valence-corrected chi connectivity index (χ1v) is 11.2. The zero-order valence-electron chi connectivity index (χ0n) is 17.2. The number of nitriles is 1. The van der Waals surface area contributed by atoms with Crippen LogP contribution in [-0.4, -0.2) is 37.2 Å². The number of oxime groups is 1. The first kappa shape index (κ1) is 22.9. The quantitative estimate of drug-likeness (QED) is 0.413. The third kappa shape index (κ3) is 4.61. The fourth-order valence-corrected chi connectivity index (χ4v) is 5.19. The second kappa shape index (κ2) is 8.75. The van der Waals surface area contributed by atoms with Crippen LogP contribution in [0.3, 0.4) is 0 Å². The Labute approximate surface area is 180 Å². The zero-order chi connectivity index (χ0) is 22.8. The summed E-state index contributed by atoms with van der Waals surface area (Å²) in [6, 6.07) is 9.37. The maximum Gasteiger partial charge on any atom is 0.206 e. The molecule has 0 saturated carbocycles. The van der Waals surface area contributed by atoms with Crippen LogP contribution in [0.5, 0.6) is 0 Å². The molecule has 2 atom stereocenters. The lowest BCUT2D eigenvalue weighted by atomic mass is 9.84. The molecule has 1 aliphatic rings. The Hall–Kier alpha value is -2.80. The first-order valence-electron chi connectivity index (χ1n) is 9.70. The highest BCUT2D eigenvalue weighted by molar-refractivity contribution is 7.91. The topological polar surface area (TPSA) is 120 Å². The van der Waals surface area contributed by atoms with Crippen molar-refractivity contribution in [3.8, 4) is 6.07 Å². The van der Waals surface area contributed by atoms with Crippen molar-refractivity contribution in [2.45, 2.75) is 54.6 Å². The van der Waals surface area contributed by atoms with Gasteiger partial charge in [0.25, 0.3) is 0 Å². The molecule has 31 heavy (non-hydrogen) atoms. The summed E-state index contributed by atoms with van der Waals surface area (Å²) in [5, 5.41) is 32.2. The molecule has 1 aliphatic heterocycles. The molecular formula is C22H23FN2O5S. The number of hydrogen-bond donors (Lipinski definition) is 2. The molecule has 0 unspecified atom stereocenters. The van der Waals surface area contributed by atoms with Crippen molar-refractivity contribution in [3.05, 3.63) is 58.9 Å². The normalized spacial score (nSPS) is 22.2. The van der Waals surface area contributed by atoms with E-state index < -0.39 is 21.3 Å². The fourth-order valence-electron chi connectivity index (χ4n) is 3.83. The monoisotopic (exact) mass is 446 g/mol. The van der Waals surface area contributed by atoms with E-state index in [1.807, 2.05) is 6.07 Å². The smallest absolute Gasteiger partial charge is 0.206 e. The lowest BCUT2D eigenvalue weighted by molar-refractivity contribution is -0.101. The van der Waals surface area contributed by atoms with Crippen molar-refractivity contribution in [1.82, 2.24) is 0 Å². The van der Waals surface area contributed by atoms with Gasteiger partial charge in [0.2, 0.25) is 9.84 Å². The van der Waals surface area contributed by atoms with E-state index in [9.17, 15) is 17.9 Å². The van der Waals surface area contributed by atoms with E-state index in [4.69, 9.17) is 15.2 Å². The fraction of sp³-hybridized carbons (Fsp3) is 0.364. The predicted octanol–water partition coefficient (Wildman–Crippen LogP) is 3.31. The SMILES string of the molecule is C/C(=N\O)c1ccc(S(=O)(=O)c2cc(F)cc([C@@]3(O)CCO[C@@H](C)C3)c2)cc1CC#N. The summed E-state index contributed by atoms with van der Waals surface area (Å²) in [6.45, 7) is 3.59. The van der Waals surface area contributed by atoms with Gasteiger partial charge in [-0.2, -0.15) is 5.26 Å². The van der Waals surface area contributed by atoms with E-state index in [0.717, 1.165) is 12.1 Å². The summed E-state index contributed by atoms with van der Waals surface area (Å²) in [5.41, 5.74) is -0.175. The van der Waals surface area contributed by atoms with Gasteiger partial charge in [-0.1, -0.05) is 11.2 Å². The summed E-state index contributed by atoms with van der Waals surface area (Å²) in [5.74, 6) is -0.777. The van der Waals surface area contributed by atoms with Gasteiger partial charge >= 0.3 is 0 Å². The molecular weight excluding hydrogens is 423 g/mol. The highest BCUT2D eigenvalue weighted by Crippen LogP contribution is 2.37. The Kier molecular flexibility index (Phi) is 6.46. The third-order valence-corrected chi connectivity index (χ3v) is 7.19. The van der Waals surface area contributed by atoms with Crippen LogP contribution in [0.2, 0.25) is 0 Å². The number of aliphatic hydroxyl groups is 1. The van der Waals surface area contributed by atoms with Crippen molar-refractivity contribution in [1.29, 1.82) is 5.26 Å². The lowest BCUT2D eigenvalue weighted by Gasteiger charge is -2.36. The lowest BCUT2D eigenvalue weighted by Crippen LogP contribution is -2.37. The Morgan fingerprint density at radius 1 is 1.32 bits per heavy atom. The van der Waals surface area contributed by atoms with Crippen LogP contribution in [0, 0.1) is 17.1 Å². The van der Waals surface area contributed by atoms with Gasteiger partial charge < -0.3 is 15.1 Å². The van der Waals surface area contributed by atoms with Gasteiger partial charge in [-0.3, -0.25) is 0 Å². The maximum atomic E-state index is 14.4. The molecule has 1 fully saturated rings. The summed E-state index contributed by atoms with van der Waals surface area (Å²) in [4.78, 5) is -0.422. The molecule has 0 aliphatic carbocycles. The Morgan fingerprint density at radius 3 is 2.71 bits per heavy atom. The van der Waals surface area contributed by atoms with Crippen LogP contribution in [0.1, 0.15) is 43.4 Å². The van der Waals surface area contributed by atoms with Crippen LogP contribution in [0.4, 0.5) is 4.39 Å². The van der Waals surface area contributed by atoms with Gasteiger partial charge in [0, 0.05) is 18.4 Å². The van der Waals surface area contributed by atoms with E-state index in [-0.39, 0.29) is 53.0 Å². The summed E-state index contributed by atoms with van der Waals surface area (Å²) >= 11 is 0. The van der Waals surface area contributed by atoms with Crippen molar-refractivity contribution < 1.29 is 27.9 Å². The van der Waals surface area contributed by atoms with Crippen molar-refractivity contribution in [3.63, 3.8) is 0 Å². The largest absolute Gasteiger partial charge is 0.411 e. The van der Waals surface area contributed by atoms with E-state index in [1.165, 1.54) is 31.2 Å². The molecule has 3 rings (SSSR count). The summed E-state index contributed by atoms with van der Waals surface area (Å²) in [7, 11) is -4.15. The highest BCUT2D eigenvalue weighted by Gasteiger charge is 2.36. The molecule has 2 aromatic carbocycles. The van der Waals surface area contributed by atoms with Crippen molar-refractivity contribution in [2.24, 2.45) is 5.16 Å². The Balaban J connectivity index is 2.10. The number of benzene rings is 2. The average Bonchev–Trinajstić information content (AvgIpc) is 2.72. The molecule has 9 heteroatoms. The molecule has 0 radical (unpaired) electrons. The van der Waals surface area contributed by atoms with Crippen molar-refractivity contribution in [2.75, 3.05) is 6.61 Å². The molecule has 0 bridgehead atoms. The average molecular weight is 447 g/mol. The molecule has 2 aromatic rings. The van der Waals surface area contributed by atoms with E-state index >= 15 is 0 Å². The minimum absolute atomic E-state index is 0.0996. The van der Waals surface area contributed by atoms with Crippen LogP contribution < -0.4 is 0 Å². The first-order chi connectivity index (χ1) is 14.6. The number of nitrogens with zero attached hydrogens (tertiary/aromatic N) is 2. The third-order valence-electron chi connectivity index (χ3n) is 5.46. The van der Waals surface area contributed by atoms with Gasteiger partial charge in [0.15, 0.2) is 0 Å². The summed E-state index contributed by atoms with van der Waals surface area (Å²) < 4.78 is 46.4. The number of halogens is 1.